The van der Waals surface area contributed by atoms with E-state index in [4.69, 9.17) is 0 Å². The van der Waals surface area contributed by atoms with Crippen LogP contribution in [0.2, 0.25) is 0 Å². The highest BCUT2D eigenvalue weighted by Gasteiger charge is 2.15. The van der Waals surface area contributed by atoms with Crippen LogP contribution in [0.1, 0.15) is 10.4 Å². The monoisotopic (exact) mass is 297 g/mol. The zero-order valence-corrected chi connectivity index (χ0v) is 12.6. The molecule has 0 aromatic carbocycles. The first-order valence-electron chi connectivity index (χ1n) is 7.33. The molecule has 0 aliphatic carbocycles. The number of carbonyl (C=O) groups is 1. The average Bonchev–Trinajstić information content (AvgIpc) is 2.57. The van der Waals surface area contributed by atoms with Crippen molar-refractivity contribution in [3.8, 4) is 0 Å². The van der Waals surface area contributed by atoms with E-state index in [1.165, 1.54) is 0 Å². The number of anilines is 2. The lowest BCUT2D eigenvalue weighted by Crippen LogP contribution is -2.44. The van der Waals surface area contributed by atoms with Gasteiger partial charge in [0.1, 0.15) is 5.82 Å². The zero-order chi connectivity index (χ0) is 15.4. The molecule has 2 aromatic rings. The molecule has 0 atom stereocenters. The summed E-state index contributed by atoms with van der Waals surface area (Å²) >= 11 is 0. The molecule has 3 rings (SSSR count). The first kappa shape index (κ1) is 14.5. The molecule has 6 nitrogen and oxygen atoms in total. The maximum atomic E-state index is 12.1. The van der Waals surface area contributed by atoms with Crippen molar-refractivity contribution in [2.75, 3.05) is 43.4 Å². The van der Waals surface area contributed by atoms with Crippen molar-refractivity contribution in [2.24, 2.45) is 0 Å². The molecular formula is C16H19N5O. The van der Waals surface area contributed by atoms with Crippen molar-refractivity contribution >= 4 is 17.4 Å². The molecule has 0 spiro atoms. The average molecular weight is 297 g/mol. The van der Waals surface area contributed by atoms with Crippen LogP contribution >= 0.6 is 0 Å². The van der Waals surface area contributed by atoms with Gasteiger partial charge in [-0.25, -0.2) is 4.98 Å². The Bertz CT molecular complexity index is 621. The van der Waals surface area contributed by atoms with Gasteiger partial charge in [-0.15, -0.1) is 0 Å². The highest BCUT2D eigenvalue weighted by atomic mass is 16.1. The Morgan fingerprint density at radius 2 is 1.82 bits per heavy atom. The van der Waals surface area contributed by atoms with Gasteiger partial charge in [-0.05, 0) is 31.3 Å². The second kappa shape index (κ2) is 6.53. The number of aromatic nitrogens is 2. The molecule has 1 saturated heterocycles. The number of hydrogen-bond acceptors (Lipinski definition) is 5. The SMILES string of the molecule is CN1CCN(c2ccc(NC(=O)c3ccncc3)cn2)CC1. The molecule has 1 amide bonds. The Morgan fingerprint density at radius 1 is 1.09 bits per heavy atom. The fraction of sp³-hybridized carbons (Fsp3) is 0.312. The quantitative estimate of drug-likeness (QED) is 0.930. The topological polar surface area (TPSA) is 61.4 Å². The minimum absolute atomic E-state index is 0.156. The highest BCUT2D eigenvalue weighted by molar-refractivity contribution is 6.04. The third-order valence-electron chi connectivity index (χ3n) is 3.78. The number of carbonyl (C=O) groups excluding carboxylic acids is 1. The summed E-state index contributed by atoms with van der Waals surface area (Å²) in [5.74, 6) is 0.798. The van der Waals surface area contributed by atoms with Gasteiger partial charge in [0.2, 0.25) is 0 Å². The number of hydrogen-bond donors (Lipinski definition) is 1. The van der Waals surface area contributed by atoms with E-state index in [-0.39, 0.29) is 5.91 Å². The van der Waals surface area contributed by atoms with Gasteiger partial charge in [0.25, 0.3) is 5.91 Å². The van der Waals surface area contributed by atoms with Crippen LogP contribution in [0.3, 0.4) is 0 Å². The summed E-state index contributed by atoms with van der Waals surface area (Å²) in [6, 6.07) is 7.20. The van der Waals surface area contributed by atoms with Gasteiger partial charge in [0.05, 0.1) is 11.9 Å². The summed E-state index contributed by atoms with van der Waals surface area (Å²) in [7, 11) is 2.13. The number of likely N-dealkylation sites (N-methyl/N-ethyl adjacent to an activating group) is 1. The number of nitrogens with one attached hydrogen (secondary N) is 1. The molecule has 6 heteroatoms. The molecule has 2 aromatic heterocycles. The number of amides is 1. The Labute approximate surface area is 129 Å². The lowest BCUT2D eigenvalue weighted by molar-refractivity contribution is 0.102. The van der Waals surface area contributed by atoms with Gasteiger partial charge in [-0.1, -0.05) is 0 Å². The van der Waals surface area contributed by atoms with Gasteiger partial charge in [-0.3, -0.25) is 9.78 Å². The number of piperazine rings is 1. The van der Waals surface area contributed by atoms with E-state index in [1.807, 2.05) is 12.1 Å². The maximum Gasteiger partial charge on any atom is 0.255 e. The Morgan fingerprint density at radius 3 is 2.45 bits per heavy atom. The third-order valence-corrected chi connectivity index (χ3v) is 3.78. The summed E-state index contributed by atoms with van der Waals surface area (Å²) in [4.78, 5) is 25.0. The zero-order valence-electron chi connectivity index (χ0n) is 12.6. The van der Waals surface area contributed by atoms with Crippen LogP contribution in [0, 0.1) is 0 Å². The third kappa shape index (κ3) is 3.40. The highest BCUT2D eigenvalue weighted by Crippen LogP contribution is 2.16. The van der Waals surface area contributed by atoms with Crippen LogP contribution in [0.5, 0.6) is 0 Å². The van der Waals surface area contributed by atoms with Crippen LogP contribution in [0.25, 0.3) is 0 Å². The molecule has 0 unspecified atom stereocenters. The summed E-state index contributed by atoms with van der Waals surface area (Å²) in [5.41, 5.74) is 1.28. The Balaban J connectivity index is 1.63. The van der Waals surface area contributed by atoms with Crippen molar-refractivity contribution in [1.29, 1.82) is 0 Å². The maximum absolute atomic E-state index is 12.1. The molecule has 1 aliphatic rings. The predicted octanol–water partition coefficient (Wildman–Crippen LogP) is 1.48. The predicted molar refractivity (Wildman–Crippen MR) is 86.1 cm³/mol. The lowest BCUT2D eigenvalue weighted by atomic mass is 10.2. The summed E-state index contributed by atoms with van der Waals surface area (Å²) < 4.78 is 0. The minimum atomic E-state index is -0.156. The second-order valence-electron chi connectivity index (χ2n) is 5.39. The lowest BCUT2D eigenvalue weighted by Gasteiger charge is -2.33. The van der Waals surface area contributed by atoms with Crippen LogP contribution in [-0.4, -0.2) is 54.0 Å². The number of pyridine rings is 2. The molecule has 22 heavy (non-hydrogen) atoms. The van der Waals surface area contributed by atoms with E-state index in [0.29, 0.717) is 11.3 Å². The standard InChI is InChI=1S/C16H19N5O/c1-20-8-10-21(11-9-20)15-3-2-14(12-18-15)19-16(22)13-4-6-17-7-5-13/h2-7,12H,8-11H2,1H3,(H,19,22). The van der Waals surface area contributed by atoms with Gasteiger partial charge in [-0.2, -0.15) is 0 Å². The van der Waals surface area contributed by atoms with E-state index in [9.17, 15) is 4.79 Å². The molecule has 0 bridgehead atoms. The number of nitrogens with zero attached hydrogens (tertiary/aromatic N) is 4. The van der Waals surface area contributed by atoms with Gasteiger partial charge in [0, 0.05) is 44.1 Å². The van der Waals surface area contributed by atoms with Crippen molar-refractivity contribution in [2.45, 2.75) is 0 Å². The van der Waals surface area contributed by atoms with Crippen molar-refractivity contribution in [1.82, 2.24) is 14.9 Å². The Hall–Kier alpha value is -2.47. The normalized spacial score (nSPS) is 15.6. The van der Waals surface area contributed by atoms with Gasteiger partial charge < -0.3 is 15.1 Å². The molecule has 0 radical (unpaired) electrons. The fourth-order valence-electron chi connectivity index (χ4n) is 2.39. The van der Waals surface area contributed by atoms with Gasteiger partial charge in [0.15, 0.2) is 0 Å². The van der Waals surface area contributed by atoms with E-state index >= 15 is 0 Å². The first-order chi connectivity index (χ1) is 10.7. The van der Waals surface area contributed by atoms with Crippen molar-refractivity contribution in [3.05, 3.63) is 48.4 Å². The molecule has 114 valence electrons. The largest absolute Gasteiger partial charge is 0.354 e. The van der Waals surface area contributed by atoms with Crippen LogP contribution in [0.4, 0.5) is 11.5 Å². The molecule has 1 fully saturated rings. The van der Waals surface area contributed by atoms with Crippen LogP contribution < -0.4 is 10.2 Å². The van der Waals surface area contributed by atoms with E-state index < -0.39 is 0 Å². The first-order valence-corrected chi connectivity index (χ1v) is 7.33. The van der Waals surface area contributed by atoms with E-state index in [1.54, 1.807) is 30.7 Å². The molecule has 0 saturated carbocycles. The second-order valence-corrected chi connectivity index (χ2v) is 5.39. The van der Waals surface area contributed by atoms with E-state index in [2.05, 4.69) is 32.1 Å². The fourth-order valence-corrected chi connectivity index (χ4v) is 2.39. The van der Waals surface area contributed by atoms with Gasteiger partial charge >= 0.3 is 0 Å². The smallest absolute Gasteiger partial charge is 0.255 e. The molecule has 1 N–H and O–H groups in total. The van der Waals surface area contributed by atoms with E-state index in [0.717, 1.165) is 32.0 Å². The Kier molecular flexibility index (Phi) is 4.29. The minimum Gasteiger partial charge on any atom is -0.354 e. The summed E-state index contributed by atoms with van der Waals surface area (Å²) in [6.45, 7) is 4.04. The molecular weight excluding hydrogens is 278 g/mol. The molecule has 3 heterocycles. The summed E-state index contributed by atoms with van der Waals surface area (Å²) in [6.07, 6.45) is 4.90. The van der Waals surface area contributed by atoms with Crippen molar-refractivity contribution in [3.63, 3.8) is 0 Å². The molecule has 1 aliphatic heterocycles. The summed E-state index contributed by atoms with van der Waals surface area (Å²) in [5, 5.41) is 2.84. The van der Waals surface area contributed by atoms with Crippen LogP contribution in [0.15, 0.2) is 42.9 Å². The van der Waals surface area contributed by atoms with Crippen molar-refractivity contribution < 1.29 is 4.79 Å². The van der Waals surface area contributed by atoms with Crippen LogP contribution in [-0.2, 0) is 0 Å². The number of rotatable bonds is 3.